The number of halogens is 1. The summed E-state index contributed by atoms with van der Waals surface area (Å²) in [7, 11) is 1.51. The number of carbonyl (C=O) groups is 1. The number of hydrogen-bond acceptors (Lipinski definition) is 5. The van der Waals surface area contributed by atoms with Crippen LogP contribution in [0.1, 0.15) is 12.5 Å². The van der Waals surface area contributed by atoms with Crippen molar-refractivity contribution in [1.82, 2.24) is 5.43 Å². The summed E-state index contributed by atoms with van der Waals surface area (Å²) in [5.41, 5.74) is 3.13. The van der Waals surface area contributed by atoms with Gasteiger partial charge in [-0.2, -0.15) is 5.10 Å². The Kier molecular flexibility index (Phi) is 5.73. The number of benzene rings is 2. The number of ether oxygens (including phenoxy) is 2. The Morgan fingerprint density at radius 1 is 1.25 bits per heavy atom. The summed E-state index contributed by atoms with van der Waals surface area (Å²) in [4.78, 5) is 11.7. The minimum atomic E-state index is -0.513. The number of methoxy groups -OCH3 is 1. The van der Waals surface area contributed by atoms with Crippen molar-refractivity contribution in [2.45, 2.75) is 6.92 Å². The largest absolute Gasteiger partial charge is 0.507 e. The molecule has 0 spiro atoms. The molecule has 0 aliphatic carbocycles. The van der Waals surface area contributed by atoms with Gasteiger partial charge in [0.2, 0.25) is 0 Å². The van der Waals surface area contributed by atoms with Crippen molar-refractivity contribution in [2.75, 3.05) is 13.7 Å². The van der Waals surface area contributed by atoms with Crippen LogP contribution in [0.2, 0.25) is 0 Å². The molecule has 0 radical (unpaired) electrons. The molecule has 24 heavy (non-hydrogen) atoms. The third-order valence-electron chi connectivity index (χ3n) is 3.11. The van der Waals surface area contributed by atoms with E-state index in [2.05, 4.69) is 10.5 Å². The van der Waals surface area contributed by atoms with Gasteiger partial charge in [-0.1, -0.05) is 6.07 Å². The van der Waals surface area contributed by atoms with Crippen molar-refractivity contribution < 1.29 is 23.8 Å². The minimum Gasteiger partial charge on any atom is -0.507 e. The zero-order valence-electron chi connectivity index (χ0n) is 13.2. The van der Waals surface area contributed by atoms with Gasteiger partial charge in [0.15, 0.2) is 6.61 Å². The Morgan fingerprint density at radius 3 is 2.75 bits per heavy atom. The summed E-state index contributed by atoms with van der Waals surface area (Å²) >= 11 is 0. The van der Waals surface area contributed by atoms with E-state index in [1.54, 1.807) is 25.1 Å². The number of nitrogens with zero attached hydrogens (tertiary/aromatic N) is 1. The highest BCUT2D eigenvalue weighted by Gasteiger charge is 2.08. The first-order valence-electron chi connectivity index (χ1n) is 7.08. The second-order valence-corrected chi connectivity index (χ2v) is 4.86. The molecule has 0 heterocycles. The van der Waals surface area contributed by atoms with Gasteiger partial charge in [0.1, 0.15) is 23.1 Å². The van der Waals surface area contributed by atoms with Crippen LogP contribution in [-0.2, 0) is 4.79 Å². The highest BCUT2D eigenvalue weighted by Crippen LogP contribution is 2.23. The quantitative estimate of drug-likeness (QED) is 0.629. The molecule has 1 amide bonds. The lowest BCUT2D eigenvalue weighted by molar-refractivity contribution is -0.123. The number of nitrogens with one attached hydrogen (secondary N) is 1. The van der Waals surface area contributed by atoms with Crippen molar-refractivity contribution in [2.24, 2.45) is 5.10 Å². The second-order valence-electron chi connectivity index (χ2n) is 4.86. The molecule has 6 nitrogen and oxygen atoms in total. The Labute approximate surface area is 138 Å². The fourth-order valence-corrected chi connectivity index (χ4v) is 1.88. The Hall–Kier alpha value is -3.09. The van der Waals surface area contributed by atoms with E-state index in [9.17, 15) is 14.3 Å². The zero-order valence-corrected chi connectivity index (χ0v) is 13.2. The highest BCUT2D eigenvalue weighted by atomic mass is 19.1. The molecule has 0 bridgehead atoms. The van der Waals surface area contributed by atoms with E-state index in [-0.39, 0.29) is 18.1 Å². The Balaban J connectivity index is 1.95. The maximum Gasteiger partial charge on any atom is 0.277 e. The lowest BCUT2D eigenvalue weighted by atomic mass is 10.1. The smallest absolute Gasteiger partial charge is 0.277 e. The van der Waals surface area contributed by atoms with Crippen LogP contribution in [0.3, 0.4) is 0 Å². The third kappa shape index (κ3) is 4.70. The van der Waals surface area contributed by atoms with E-state index in [1.807, 2.05) is 0 Å². The number of hydrazone groups is 1. The van der Waals surface area contributed by atoms with Crippen LogP contribution in [0.15, 0.2) is 47.6 Å². The summed E-state index contributed by atoms with van der Waals surface area (Å²) in [6.45, 7) is 1.31. The average molecular weight is 332 g/mol. The number of carbonyl (C=O) groups excluding carboxylic acids is 1. The van der Waals surface area contributed by atoms with Crippen molar-refractivity contribution >= 4 is 11.6 Å². The molecule has 2 aromatic carbocycles. The standard InChI is InChI=1S/C17H17FN2O4/c1-11(15-9-13(23-2)6-7-16(15)21)19-20-17(22)10-24-14-5-3-4-12(18)8-14/h3-9,21H,10H2,1-2H3,(H,20,22)/b19-11+. The Bertz CT molecular complexity index is 762. The first kappa shape index (κ1) is 17.3. The van der Waals surface area contributed by atoms with Gasteiger partial charge >= 0.3 is 0 Å². The Morgan fingerprint density at radius 2 is 2.04 bits per heavy atom. The van der Waals surface area contributed by atoms with E-state index >= 15 is 0 Å². The molecule has 0 saturated heterocycles. The van der Waals surface area contributed by atoms with Crippen LogP contribution >= 0.6 is 0 Å². The van der Waals surface area contributed by atoms with Crippen molar-refractivity contribution in [3.63, 3.8) is 0 Å². The van der Waals surface area contributed by atoms with E-state index < -0.39 is 11.7 Å². The van der Waals surface area contributed by atoms with Crippen LogP contribution in [0.25, 0.3) is 0 Å². The van der Waals surface area contributed by atoms with E-state index in [4.69, 9.17) is 9.47 Å². The molecule has 2 aromatic rings. The molecule has 2 rings (SSSR count). The summed E-state index contributed by atoms with van der Waals surface area (Å²) in [6, 6.07) is 10.2. The third-order valence-corrected chi connectivity index (χ3v) is 3.11. The fraction of sp³-hybridized carbons (Fsp3) is 0.176. The predicted molar refractivity (Wildman–Crippen MR) is 86.9 cm³/mol. The normalized spacial score (nSPS) is 11.0. The number of aromatic hydroxyl groups is 1. The zero-order chi connectivity index (χ0) is 17.5. The van der Waals surface area contributed by atoms with Gasteiger partial charge in [0.05, 0.1) is 12.8 Å². The number of phenolic OH excluding ortho intramolecular Hbond substituents is 1. The molecule has 7 heteroatoms. The SMILES string of the molecule is COc1ccc(O)c(/C(C)=N/NC(=O)COc2cccc(F)c2)c1. The summed E-state index contributed by atoms with van der Waals surface area (Å²) in [5.74, 6) is -0.145. The van der Waals surface area contributed by atoms with Crippen molar-refractivity contribution in [3.8, 4) is 17.2 Å². The first-order chi connectivity index (χ1) is 11.5. The minimum absolute atomic E-state index is 0.0160. The lowest BCUT2D eigenvalue weighted by Crippen LogP contribution is -2.25. The van der Waals surface area contributed by atoms with Crippen molar-refractivity contribution in [3.05, 3.63) is 53.8 Å². The average Bonchev–Trinajstić information content (AvgIpc) is 2.58. The topological polar surface area (TPSA) is 80.2 Å². The van der Waals surface area contributed by atoms with E-state index in [0.29, 0.717) is 17.0 Å². The van der Waals surface area contributed by atoms with Crippen molar-refractivity contribution in [1.29, 1.82) is 0 Å². The molecule has 0 aromatic heterocycles. The van der Waals surface area contributed by atoms with Gasteiger partial charge < -0.3 is 14.6 Å². The fourth-order valence-electron chi connectivity index (χ4n) is 1.88. The van der Waals surface area contributed by atoms with Crippen LogP contribution in [0.5, 0.6) is 17.2 Å². The number of amides is 1. The van der Waals surface area contributed by atoms with Crippen LogP contribution in [0.4, 0.5) is 4.39 Å². The molecule has 126 valence electrons. The molecule has 0 fully saturated rings. The highest BCUT2D eigenvalue weighted by molar-refractivity contribution is 6.01. The van der Waals surface area contributed by atoms with Gasteiger partial charge in [-0.15, -0.1) is 0 Å². The molecule has 2 N–H and O–H groups in total. The summed E-state index contributed by atoms with van der Waals surface area (Å²) in [6.07, 6.45) is 0. The first-order valence-corrected chi connectivity index (χ1v) is 7.08. The lowest BCUT2D eigenvalue weighted by Gasteiger charge is -2.08. The van der Waals surface area contributed by atoms with Crippen LogP contribution in [-0.4, -0.2) is 30.4 Å². The second kappa shape index (κ2) is 7.96. The van der Waals surface area contributed by atoms with Gasteiger partial charge in [-0.25, -0.2) is 9.82 Å². The summed E-state index contributed by atoms with van der Waals surface area (Å²) < 4.78 is 23.2. The van der Waals surface area contributed by atoms with Gasteiger partial charge in [-0.3, -0.25) is 4.79 Å². The maximum atomic E-state index is 13.0. The predicted octanol–water partition coefficient (Wildman–Crippen LogP) is 2.46. The number of hydrogen-bond donors (Lipinski definition) is 2. The monoisotopic (exact) mass is 332 g/mol. The molecular formula is C17H17FN2O4. The van der Waals surface area contributed by atoms with Crippen LogP contribution < -0.4 is 14.9 Å². The number of rotatable bonds is 6. The number of phenols is 1. The van der Waals surface area contributed by atoms with Gasteiger partial charge in [0.25, 0.3) is 5.91 Å². The molecular weight excluding hydrogens is 315 g/mol. The molecule has 0 atom stereocenters. The summed E-state index contributed by atoms with van der Waals surface area (Å²) in [5, 5.41) is 13.7. The van der Waals surface area contributed by atoms with Crippen LogP contribution in [0, 0.1) is 5.82 Å². The van der Waals surface area contributed by atoms with Gasteiger partial charge in [-0.05, 0) is 37.3 Å². The van der Waals surface area contributed by atoms with E-state index in [0.717, 1.165) is 0 Å². The molecule has 0 aliphatic rings. The maximum absolute atomic E-state index is 13.0. The van der Waals surface area contributed by atoms with Gasteiger partial charge in [0, 0.05) is 11.6 Å². The molecule has 0 saturated carbocycles. The molecule has 0 aliphatic heterocycles. The molecule has 0 unspecified atom stereocenters. The van der Waals surface area contributed by atoms with E-state index in [1.165, 1.54) is 31.4 Å².